The fraction of sp³-hybridized carbons (Fsp3) is 0.263. The molecule has 0 spiro atoms. The number of carbonyl (C=O) groups excluding carboxylic acids is 1. The maximum atomic E-state index is 12.4. The maximum absolute atomic E-state index is 12.4. The fourth-order valence-corrected chi connectivity index (χ4v) is 4.08. The number of thiophene rings is 1. The van der Waals surface area contributed by atoms with E-state index < -0.39 is 17.8 Å². The summed E-state index contributed by atoms with van der Waals surface area (Å²) in [7, 11) is 0. The highest BCUT2D eigenvalue weighted by molar-refractivity contribution is 7.18. The van der Waals surface area contributed by atoms with Crippen LogP contribution in [0.2, 0.25) is 0 Å². The lowest BCUT2D eigenvalue weighted by molar-refractivity contribution is -0.149. The van der Waals surface area contributed by atoms with Crippen molar-refractivity contribution in [3.8, 4) is 0 Å². The Morgan fingerprint density at radius 2 is 2.07 bits per heavy atom. The molecule has 0 amide bonds. The van der Waals surface area contributed by atoms with E-state index in [9.17, 15) is 14.4 Å². The molecule has 0 bridgehead atoms. The van der Waals surface area contributed by atoms with Gasteiger partial charge in [0.2, 0.25) is 0 Å². The molecule has 1 N–H and O–H groups in total. The normalized spacial score (nSPS) is 12.5. The number of rotatable bonds is 4. The number of benzene rings is 1. The fourth-order valence-electron chi connectivity index (χ4n) is 3.05. The first-order valence-electron chi connectivity index (χ1n) is 8.63. The summed E-state index contributed by atoms with van der Waals surface area (Å²) < 4.78 is 11.7. The number of esters is 1. The number of ether oxygens (including phenoxy) is 1. The number of para-hydroxylation sites is 2. The number of oxazole rings is 1. The summed E-state index contributed by atoms with van der Waals surface area (Å²) in [5, 5.41) is 0.557. The topological polar surface area (TPSA) is 107 Å². The first kappa shape index (κ1) is 18.2. The molecular formula is C19H17N3O5S. The van der Waals surface area contributed by atoms with Gasteiger partial charge < -0.3 is 14.1 Å². The molecular weight excluding hydrogens is 382 g/mol. The second-order valence-corrected chi connectivity index (χ2v) is 7.67. The van der Waals surface area contributed by atoms with Crippen molar-refractivity contribution in [1.29, 1.82) is 0 Å². The molecule has 3 heterocycles. The Bertz CT molecular complexity index is 1330. The Kier molecular flexibility index (Phi) is 4.38. The highest BCUT2D eigenvalue weighted by Crippen LogP contribution is 2.27. The van der Waals surface area contributed by atoms with Gasteiger partial charge in [0.15, 0.2) is 17.5 Å². The highest BCUT2D eigenvalue weighted by atomic mass is 32.1. The highest BCUT2D eigenvalue weighted by Gasteiger charge is 2.20. The third-order valence-corrected chi connectivity index (χ3v) is 5.71. The predicted molar refractivity (Wildman–Crippen MR) is 105 cm³/mol. The summed E-state index contributed by atoms with van der Waals surface area (Å²) in [5.41, 5.74) is 1.54. The van der Waals surface area contributed by atoms with E-state index >= 15 is 0 Å². The van der Waals surface area contributed by atoms with Gasteiger partial charge in [-0.1, -0.05) is 12.1 Å². The van der Waals surface area contributed by atoms with Crippen LogP contribution in [0.1, 0.15) is 29.3 Å². The molecule has 1 aromatic carbocycles. The number of H-pyrrole nitrogens is 1. The molecule has 4 aromatic rings. The number of aromatic nitrogens is 3. The molecule has 144 valence electrons. The van der Waals surface area contributed by atoms with E-state index in [2.05, 4.69) is 9.97 Å². The Morgan fingerprint density at radius 1 is 1.32 bits per heavy atom. The van der Waals surface area contributed by atoms with Crippen LogP contribution in [0.4, 0.5) is 0 Å². The van der Waals surface area contributed by atoms with Crippen LogP contribution in [-0.4, -0.2) is 20.5 Å². The Morgan fingerprint density at radius 3 is 2.86 bits per heavy atom. The lowest BCUT2D eigenvalue weighted by atomic mass is 10.2. The number of hydrogen-bond acceptors (Lipinski definition) is 7. The van der Waals surface area contributed by atoms with Crippen LogP contribution in [-0.2, 0) is 16.1 Å². The molecule has 3 aromatic heterocycles. The van der Waals surface area contributed by atoms with Crippen molar-refractivity contribution in [2.24, 2.45) is 0 Å². The maximum Gasteiger partial charge on any atom is 0.420 e. The van der Waals surface area contributed by atoms with Gasteiger partial charge in [-0.2, -0.15) is 0 Å². The zero-order chi connectivity index (χ0) is 20.0. The SMILES string of the molecule is Cc1sc2nc([C@H](C)OC(=O)Cn3c(=O)oc4ccccc43)[nH]c(=O)c2c1C. The van der Waals surface area contributed by atoms with Crippen molar-refractivity contribution in [1.82, 2.24) is 14.5 Å². The summed E-state index contributed by atoms with van der Waals surface area (Å²) in [6, 6.07) is 6.82. The summed E-state index contributed by atoms with van der Waals surface area (Å²) in [5.74, 6) is -1.01. The van der Waals surface area contributed by atoms with Gasteiger partial charge in [-0.05, 0) is 38.5 Å². The van der Waals surface area contributed by atoms with Gasteiger partial charge in [-0.3, -0.25) is 14.2 Å². The molecule has 0 aliphatic heterocycles. The van der Waals surface area contributed by atoms with Crippen molar-refractivity contribution in [2.45, 2.75) is 33.4 Å². The molecule has 0 unspecified atom stereocenters. The predicted octanol–water partition coefficient (Wildman–Crippen LogP) is 2.81. The van der Waals surface area contributed by atoms with Crippen LogP contribution in [0, 0.1) is 13.8 Å². The second-order valence-electron chi connectivity index (χ2n) is 6.47. The van der Waals surface area contributed by atoms with Crippen LogP contribution in [0.5, 0.6) is 0 Å². The molecule has 0 saturated heterocycles. The number of aromatic amines is 1. The van der Waals surface area contributed by atoms with Crippen LogP contribution in [0.3, 0.4) is 0 Å². The average molecular weight is 399 g/mol. The minimum atomic E-state index is -0.777. The summed E-state index contributed by atoms with van der Waals surface area (Å²) in [6.45, 7) is 5.12. The number of fused-ring (bicyclic) bond motifs is 2. The standard InChI is InChI=1S/C19H17N3O5S/c1-9-11(3)28-18-15(9)17(24)20-16(21-18)10(2)26-14(23)8-22-12-6-4-5-7-13(12)27-19(22)25/h4-7,10H,8H2,1-3H3,(H,20,21,24)/t10-/m0/s1. The van der Waals surface area contributed by atoms with Crippen LogP contribution in [0.25, 0.3) is 21.3 Å². The Labute approximate surface area is 162 Å². The van der Waals surface area contributed by atoms with E-state index in [4.69, 9.17) is 9.15 Å². The summed E-state index contributed by atoms with van der Waals surface area (Å²) in [6.07, 6.45) is -0.777. The van der Waals surface area contributed by atoms with Gasteiger partial charge in [0.25, 0.3) is 5.56 Å². The van der Waals surface area contributed by atoms with Crippen molar-refractivity contribution >= 4 is 38.6 Å². The molecule has 4 rings (SSSR count). The molecule has 0 aliphatic carbocycles. The van der Waals surface area contributed by atoms with E-state index in [1.165, 1.54) is 15.9 Å². The van der Waals surface area contributed by atoms with E-state index in [1.54, 1.807) is 31.2 Å². The first-order valence-corrected chi connectivity index (χ1v) is 9.44. The van der Waals surface area contributed by atoms with Gasteiger partial charge in [0, 0.05) is 4.88 Å². The lowest BCUT2D eigenvalue weighted by Gasteiger charge is -2.12. The zero-order valence-electron chi connectivity index (χ0n) is 15.4. The van der Waals surface area contributed by atoms with Crippen molar-refractivity contribution in [2.75, 3.05) is 0 Å². The quantitative estimate of drug-likeness (QED) is 0.529. The minimum absolute atomic E-state index is 0.261. The molecule has 28 heavy (non-hydrogen) atoms. The number of carbonyl (C=O) groups is 1. The van der Waals surface area contributed by atoms with E-state index in [0.717, 1.165) is 10.4 Å². The van der Waals surface area contributed by atoms with Gasteiger partial charge in [-0.25, -0.2) is 9.78 Å². The lowest BCUT2D eigenvalue weighted by Crippen LogP contribution is -2.23. The molecule has 8 nitrogen and oxygen atoms in total. The van der Waals surface area contributed by atoms with Gasteiger partial charge in [-0.15, -0.1) is 11.3 Å². The number of nitrogens with one attached hydrogen (secondary N) is 1. The summed E-state index contributed by atoms with van der Waals surface area (Å²) in [4.78, 5) is 45.5. The van der Waals surface area contributed by atoms with Crippen molar-refractivity contribution < 1.29 is 13.9 Å². The largest absolute Gasteiger partial charge is 0.453 e. The van der Waals surface area contributed by atoms with E-state index in [1.807, 2.05) is 13.8 Å². The number of hydrogen-bond donors (Lipinski definition) is 1. The Hall–Kier alpha value is -3.20. The van der Waals surface area contributed by atoms with E-state index in [0.29, 0.717) is 21.3 Å². The number of aryl methyl sites for hydroxylation is 2. The molecule has 0 radical (unpaired) electrons. The van der Waals surface area contributed by atoms with Gasteiger partial charge in [0.1, 0.15) is 11.4 Å². The Balaban J connectivity index is 1.58. The van der Waals surface area contributed by atoms with Crippen LogP contribution in [0.15, 0.2) is 38.3 Å². The second kappa shape index (κ2) is 6.75. The zero-order valence-corrected chi connectivity index (χ0v) is 16.3. The minimum Gasteiger partial charge on any atom is -0.453 e. The van der Waals surface area contributed by atoms with Crippen LogP contribution >= 0.6 is 11.3 Å². The molecule has 9 heteroatoms. The third kappa shape index (κ3) is 3.03. The first-order chi connectivity index (χ1) is 13.3. The summed E-state index contributed by atoms with van der Waals surface area (Å²) >= 11 is 1.42. The number of nitrogens with zero attached hydrogens (tertiary/aromatic N) is 2. The third-order valence-electron chi connectivity index (χ3n) is 4.61. The van der Waals surface area contributed by atoms with Crippen molar-refractivity contribution in [3.63, 3.8) is 0 Å². The van der Waals surface area contributed by atoms with Crippen molar-refractivity contribution in [3.05, 3.63) is 61.4 Å². The van der Waals surface area contributed by atoms with Gasteiger partial charge in [0.05, 0.1) is 10.9 Å². The average Bonchev–Trinajstić information content (AvgIpc) is 3.11. The molecule has 0 fully saturated rings. The smallest absolute Gasteiger partial charge is 0.420 e. The van der Waals surface area contributed by atoms with E-state index in [-0.39, 0.29) is 17.9 Å². The van der Waals surface area contributed by atoms with Crippen LogP contribution < -0.4 is 11.3 Å². The van der Waals surface area contributed by atoms with Gasteiger partial charge >= 0.3 is 11.7 Å². The molecule has 1 atom stereocenters. The molecule has 0 aliphatic rings. The monoisotopic (exact) mass is 399 g/mol. The molecule has 0 saturated carbocycles.